The minimum absolute atomic E-state index is 0.0220. The van der Waals surface area contributed by atoms with E-state index in [0.29, 0.717) is 28.0 Å². The van der Waals surface area contributed by atoms with Crippen molar-refractivity contribution in [2.75, 3.05) is 22.6 Å². The maximum Gasteiger partial charge on any atom is 0.206 e. The van der Waals surface area contributed by atoms with Crippen molar-refractivity contribution in [1.29, 1.82) is 0 Å². The van der Waals surface area contributed by atoms with Gasteiger partial charge in [-0.25, -0.2) is 12.8 Å². The lowest BCUT2D eigenvalue weighted by Crippen LogP contribution is -2.14. The van der Waals surface area contributed by atoms with Gasteiger partial charge < -0.3 is 9.88 Å². The van der Waals surface area contributed by atoms with Crippen LogP contribution in [-0.4, -0.2) is 46.2 Å². The summed E-state index contributed by atoms with van der Waals surface area (Å²) in [6.07, 6.45) is 0.583. The maximum atomic E-state index is 13.0. The Morgan fingerprint density at radius 1 is 1.28 bits per heavy atom. The minimum Gasteiger partial charge on any atom is -0.356 e. The zero-order chi connectivity index (χ0) is 22.9. The van der Waals surface area contributed by atoms with Crippen molar-refractivity contribution in [2.24, 2.45) is 0 Å². The zero-order valence-electron chi connectivity index (χ0n) is 17.7. The number of hydrogen-bond donors (Lipinski definition) is 1. The lowest BCUT2D eigenvalue weighted by atomic mass is 10.2. The van der Waals surface area contributed by atoms with E-state index in [-0.39, 0.29) is 34.9 Å². The molecule has 170 valence electrons. The van der Waals surface area contributed by atoms with E-state index in [1.807, 2.05) is 24.5 Å². The predicted octanol–water partition coefficient (Wildman–Crippen LogP) is 4.04. The first kappa shape index (κ1) is 22.9. The van der Waals surface area contributed by atoms with Crippen LogP contribution in [-0.2, 0) is 16.4 Å². The Kier molecular flexibility index (Phi) is 6.68. The van der Waals surface area contributed by atoms with Crippen LogP contribution in [0.2, 0.25) is 0 Å². The zero-order valence-corrected chi connectivity index (χ0v) is 20.1. The summed E-state index contributed by atoms with van der Waals surface area (Å²) in [4.78, 5) is 12.8. The molecule has 0 unspecified atom stereocenters. The van der Waals surface area contributed by atoms with E-state index in [1.54, 1.807) is 12.1 Å². The quantitative estimate of drug-likeness (QED) is 0.373. The number of anilines is 1. The average molecular weight is 495 g/mol. The molecule has 1 fully saturated rings. The fourth-order valence-electron chi connectivity index (χ4n) is 3.92. The van der Waals surface area contributed by atoms with E-state index in [2.05, 4.69) is 15.5 Å². The highest BCUT2D eigenvalue weighted by molar-refractivity contribution is 8.01. The van der Waals surface area contributed by atoms with Gasteiger partial charge in [-0.1, -0.05) is 35.2 Å². The molecule has 1 aliphatic rings. The highest BCUT2D eigenvalue weighted by atomic mass is 32.2. The largest absolute Gasteiger partial charge is 0.356 e. The molecule has 1 aromatic carbocycles. The Balaban J connectivity index is 1.35. The van der Waals surface area contributed by atoms with Gasteiger partial charge in [0.1, 0.15) is 5.82 Å². The predicted molar refractivity (Wildman–Crippen MR) is 125 cm³/mol. The van der Waals surface area contributed by atoms with Gasteiger partial charge in [0.15, 0.2) is 20.0 Å². The van der Waals surface area contributed by atoms with Gasteiger partial charge in [0, 0.05) is 29.5 Å². The summed E-state index contributed by atoms with van der Waals surface area (Å²) in [5.74, 6) is 0.250. The molecule has 3 aromatic rings. The van der Waals surface area contributed by atoms with Crippen LogP contribution in [0.15, 0.2) is 34.7 Å². The Hall–Kier alpha value is -2.24. The van der Waals surface area contributed by atoms with E-state index in [4.69, 9.17) is 0 Å². The first-order valence-electron chi connectivity index (χ1n) is 10.1. The van der Waals surface area contributed by atoms with Crippen LogP contribution in [0.3, 0.4) is 0 Å². The number of thioether (sulfide) groups is 1. The smallest absolute Gasteiger partial charge is 0.206 e. The van der Waals surface area contributed by atoms with Crippen molar-refractivity contribution in [2.45, 2.75) is 37.2 Å². The number of aromatic nitrogens is 3. The van der Waals surface area contributed by atoms with Crippen molar-refractivity contribution < 1.29 is 17.6 Å². The molecule has 1 N–H and O–H groups in total. The van der Waals surface area contributed by atoms with Crippen molar-refractivity contribution in [3.05, 3.63) is 58.7 Å². The van der Waals surface area contributed by atoms with Gasteiger partial charge in [0.2, 0.25) is 5.13 Å². The Morgan fingerprint density at radius 2 is 2.03 bits per heavy atom. The highest BCUT2D eigenvalue weighted by Gasteiger charge is 2.31. The number of nitrogens with one attached hydrogen (secondary N) is 1. The highest BCUT2D eigenvalue weighted by Crippen LogP contribution is 2.31. The number of nitrogens with zero attached hydrogens (tertiary/aromatic N) is 3. The number of carbonyl (C=O) groups is 1. The van der Waals surface area contributed by atoms with Crippen LogP contribution in [0.4, 0.5) is 9.52 Å². The topological polar surface area (TPSA) is 93.9 Å². The lowest BCUT2D eigenvalue weighted by molar-refractivity contribution is 0.102. The van der Waals surface area contributed by atoms with Crippen LogP contribution in [0.25, 0.3) is 0 Å². The molecule has 0 aliphatic carbocycles. The number of aryl methyl sites for hydroxylation is 1. The molecular weight excluding hydrogens is 471 g/mol. The summed E-state index contributed by atoms with van der Waals surface area (Å²) in [5.41, 5.74) is 3.27. The molecular formula is C21H23FN4O3S3. The molecule has 1 aliphatic heterocycles. The monoisotopic (exact) mass is 494 g/mol. The number of Topliss-reactive ketones (excluding diaryl/α,β-unsaturated/α-hetero) is 1. The van der Waals surface area contributed by atoms with Crippen LogP contribution >= 0.6 is 23.1 Å². The number of hydrogen-bond acceptors (Lipinski definition) is 8. The first-order valence-corrected chi connectivity index (χ1v) is 13.7. The molecule has 0 amide bonds. The average Bonchev–Trinajstić information content (AvgIpc) is 3.43. The SMILES string of the molecule is Cc1cc(C(=O)CSc2nnc(NCc3ccc(F)cc3)s2)c(C)n1[C@H]1CCS(=O)(=O)C1. The number of sulfone groups is 1. The number of carbonyl (C=O) groups excluding carboxylic acids is 1. The second-order valence-electron chi connectivity index (χ2n) is 7.78. The summed E-state index contributed by atoms with van der Waals surface area (Å²) >= 11 is 2.68. The second kappa shape index (κ2) is 9.32. The van der Waals surface area contributed by atoms with Crippen molar-refractivity contribution in [1.82, 2.24) is 14.8 Å². The van der Waals surface area contributed by atoms with Gasteiger partial charge >= 0.3 is 0 Å². The van der Waals surface area contributed by atoms with Gasteiger partial charge in [-0.05, 0) is 44.0 Å². The van der Waals surface area contributed by atoms with Crippen molar-refractivity contribution in [3.8, 4) is 0 Å². The molecule has 1 saturated heterocycles. The number of halogens is 1. The summed E-state index contributed by atoms with van der Waals surface area (Å²) in [5, 5.41) is 12.0. The van der Waals surface area contributed by atoms with E-state index in [1.165, 1.54) is 35.2 Å². The molecule has 4 rings (SSSR count). The molecule has 0 spiro atoms. The van der Waals surface area contributed by atoms with E-state index < -0.39 is 9.84 Å². The third-order valence-corrected chi connectivity index (χ3v) is 9.21. The number of ketones is 1. The Labute approximate surface area is 194 Å². The fraction of sp³-hybridized carbons (Fsp3) is 0.381. The molecule has 11 heteroatoms. The third-order valence-electron chi connectivity index (χ3n) is 5.45. The molecule has 0 bridgehead atoms. The summed E-state index contributed by atoms with van der Waals surface area (Å²) in [6, 6.07) is 7.97. The number of benzene rings is 1. The minimum atomic E-state index is -3.00. The van der Waals surface area contributed by atoms with E-state index in [9.17, 15) is 17.6 Å². The van der Waals surface area contributed by atoms with Crippen molar-refractivity contribution in [3.63, 3.8) is 0 Å². The Morgan fingerprint density at radius 3 is 2.72 bits per heavy atom. The van der Waals surface area contributed by atoms with Gasteiger partial charge in [-0.2, -0.15) is 0 Å². The van der Waals surface area contributed by atoms with E-state index >= 15 is 0 Å². The molecule has 2 aromatic heterocycles. The van der Waals surface area contributed by atoms with Crippen molar-refractivity contribution >= 4 is 43.9 Å². The summed E-state index contributed by atoms with van der Waals surface area (Å²) < 4.78 is 39.4. The summed E-state index contributed by atoms with van der Waals surface area (Å²) in [7, 11) is -3.00. The van der Waals surface area contributed by atoms with E-state index in [0.717, 1.165) is 17.0 Å². The standard InChI is InChI=1S/C21H23FN4O3S3/c1-13-9-18(14(2)26(13)17-7-8-32(28,29)12-17)19(27)11-30-21-25-24-20(31-21)23-10-15-3-5-16(22)6-4-15/h3-6,9,17H,7-8,10-12H2,1-2H3,(H,23,24)/t17-/m0/s1. The second-order valence-corrected chi connectivity index (χ2v) is 12.2. The van der Waals surface area contributed by atoms with Crippen LogP contribution < -0.4 is 5.32 Å². The normalized spacial score (nSPS) is 17.5. The fourth-order valence-corrected chi connectivity index (χ4v) is 7.26. The molecule has 1 atom stereocenters. The Bertz CT molecular complexity index is 1240. The van der Waals surface area contributed by atoms with Crippen LogP contribution in [0.5, 0.6) is 0 Å². The van der Waals surface area contributed by atoms with Gasteiger partial charge in [-0.3, -0.25) is 4.79 Å². The summed E-state index contributed by atoms with van der Waals surface area (Å²) in [6.45, 7) is 4.28. The molecule has 0 saturated carbocycles. The molecule has 3 heterocycles. The number of rotatable bonds is 8. The van der Waals surface area contributed by atoms with Gasteiger partial charge in [0.25, 0.3) is 0 Å². The van der Waals surface area contributed by atoms with Gasteiger partial charge in [0.05, 0.1) is 17.3 Å². The van der Waals surface area contributed by atoms with Gasteiger partial charge in [-0.15, -0.1) is 10.2 Å². The third kappa shape index (κ3) is 5.21. The first-order chi connectivity index (χ1) is 15.2. The van der Waals surface area contributed by atoms with Crippen LogP contribution in [0.1, 0.15) is 39.8 Å². The maximum absolute atomic E-state index is 13.0. The lowest BCUT2D eigenvalue weighted by Gasteiger charge is -2.16. The van der Waals surface area contributed by atoms with Crippen LogP contribution in [0, 0.1) is 19.7 Å². The molecule has 0 radical (unpaired) electrons. The molecule has 7 nitrogen and oxygen atoms in total. The molecule has 32 heavy (non-hydrogen) atoms.